The van der Waals surface area contributed by atoms with Crippen LogP contribution in [0.1, 0.15) is 38.2 Å². The summed E-state index contributed by atoms with van der Waals surface area (Å²) < 4.78 is 37.0. The Labute approximate surface area is 128 Å². The molecular weight excluding hydrogens is 295 g/mol. The molecule has 0 radical (unpaired) electrons. The maximum absolute atomic E-state index is 12.3. The average Bonchev–Trinajstić information content (AvgIpc) is 2.85. The Morgan fingerprint density at radius 3 is 2.76 bits per heavy atom. The summed E-state index contributed by atoms with van der Waals surface area (Å²) >= 11 is 1.81. The zero-order valence-electron chi connectivity index (χ0n) is 12.2. The van der Waals surface area contributed by atoms with Gasteiger partial charge in [-0.2, -0.15) is 13.2 Å². The monoisotopic (exact) mass is 317 g/mol. The fourth-order valence-electron chi connectivity index (χ4n) is 2.70. The lowest BCUT2D eigenvalue weighted by atomic mass is 10.0. The topological polar surface area (TPSA) is 12.0 Å². The van der Waals surface area contributed by atoms with E-state index >= 15 is 0 Å². The van der Waals surface area contributed by atoms with Crippen LogP contribution >= 0.6 is 11.8 Å². The lowest BCUT2D eigenvalue weighted by molar-refractivity contribution is -0.135. The molecule has 0 saturated heterocycles. The summed E-state index contributed by atoms with van der Waals surface area (Å²) in [6, 6.07) is 8.43. The Hall–Kier alpha value is -0.680. The summed E-state index contributed by atoms with van der Waals surface area (Å²) in [4.78, 5) is 1.28. The van der Waals surface area contributed by atoms with Crippen LogP contribution < -0.4 is 5.32 Å². The summed E-state index contributed by atoms with van der Waals surface area (Å²) in [5, 5.41) is 3.79. The molecule has 1 nitrogen and oxygen atoms in total. The van der Waals surface area contributed by atoms with Gasteiger partial charge in [-0.15, -0.1) is 11.8 Å². The van der Waals surface area contributed by atoms with Gasteiger partial charge in [0, 0.05) is 22.6 Å². The molecule has 0 bridgehead atoms. The predicted molar refractivity (Wildman–Crippen MR) is 81.8 cm³/mol. The zero-order chi connectivity index (χ0) is 15.3. The maximum Gasteiger partial charge on any atom is 0.389 e. The number of hydrogen-bond donors (Lipinski definition) is 1. The van der Waals surface area contributed by atoms with Crippen molar-refractivity contribution in [2.45, 2.75) is 61.4 Å². The van der Waals surface area contributed by atoms with Gasteiger partial charge >= 0.3 is 6.18 Å². The number of fused-ring (bicyclic) bond motifs is 1. The normalized spacial score (nSPS) is 19.5. The van der Waals surface area contributed by atoms with E-state index in [-0.39, 0.29) is 12.5 Å². The third kappa shape index (κ3) is 5.22. The second kappa shape index (κ2) is 7.54. The molecule has 118 valence electrons. The third-order valence-corrected chi connectivity index (χ3v) is 5.20. The van der Waals surface area contributed by atoms with E-state index in [1.54, 1.807) is 0 Å². The van der Waals surface area contributed by atoms with Crippen molar-refractivity contribution in [3.8, 4) is 0 Å². The molecule has 0 fully saturated rings. The maximum atomic E-state index is 12.3. The molecule has 0 saturated carbocycles. The van der Waals surface area contributed by atoms with E-state index in [9.17, 15) is 13.2 Å². The Bertz CT molecular complexity index is 422. The Kier molecular flexibility index (Phi) is 5.99. The second-order valence-corrected chi connectivity index (χ2v) is 6.82. The fourth-order valence-corrected chi connectivity index (χ4v) is 4.15. The van der Waals surface area contributed by atoms with Crippen molar-refractivity contribution in [3.63, 3.8) is 0 Å². The van der Waals surface area contributed by atoms with Crippen molar-refractivity contribution in [2.24, 2.45) is 0 Å². The summed E-state index contributed by atoms with van der Waals surface area (Å²) in [7, 11) is 0. The molecule has 0 amide bonds. The highest BCUT2D eigenvalue weighted by atomic mass is 32.2. The quantitative estimate of drug-likeness (QED) is 0.775. The van der Waals surface area contributed by atoms with E-state index in [1.807, 2.05) is 23.9 Å². The number of rotatable bonds is 7. The molecule has 0 spiro atoms. The molecule has 5 heteroatoms. The van der Waals surface area contributed by atoms with Crippen LogP contribution in [0.15, 0.2) is 29.2 Å². The van der Waals surface area contributed by atoms with Gasteiger partial charge < -0.3 is 5.32 Å². The van der Waals surface area contributed by atoms with E-state index in [4.69, 9.17) is 0 Å². The van der Waals surface area contributed by atoms with Crippen molar-refractivity contribution in [2.75, 3.05) is 6.54 Å². The van der Waals surface area contributed by atoms with Crippen molar-refractivity contribution in [1.82, 2.24) is 5.32 Å². The molecule has 2 unspecified atom stereocenters. The Balaban J connectivity index is 1.91. The van der Waals surface area contributed by atoms with E-state index in [1.165, 1.54) is 10.5 Å². The molecule has 0 aromatic heterocycles. The van der Waals surface area contributed by atoms with Crippen molar-refractivity contribution < 1.29 is 13.2 Å². The van der Waals surface area contributed by atoms with E-state index < -0.39 is 12.6 Å². The molecular formula is C16H22F3NS. The predicted octanol–water partition coefficient (Wildman–Crippen LogP) is 4.80. The van der Waals surface area contributed by atoms with Crippen molar-refractivity contribution in [1.29, 1.82) is 0 Å². The highest BCUT2D eigenvalue weighted by molar-refractivity contribution is 8.00. The molecule has 1 aliphatic heterocycles. The second-order valence-electron chi connectivity index (χ2n) is 5.54. The van der Waals surface area contributed by atoms with Gasteiger partial charge in [0.15, 0.2) is 0 Å². The SMILES string of the molecule is CCCNC(CCCC(F)(F)F)C1Cc2ccccc2S1. The molecule has 1 aromatic rings. The number of nitrogens with one attached hydrogen (secondary N) is 1. The van der Waals surface area contributed by atoms with E-state index in [0.29, 0.717) is 11.7 Å². The minimum absolute atomic E-state index is 0.157. The van der Waals surface area contributed by atoms with Gasteiger partial charge in [0.05, 0.1) is 0 Å². The van der Waals surface area contributed by atoms with Crippen LogP contribution in [0.25, 0.3) is 0 Å². The third-order valence-electron chi connectivity index (χ3n) is 3.75. The van der Waals surface area contributed by atoms with E-state index in [2.05, 4.69) is 24.4 Å². The molecule has 1 heterocycles. The van der Waals surface area contributed by atoms with Gasteiger partial charge in [-0.3, -0.25) is 0 Å². The summed E-state index contributed by atoms with van der Waals surface area (Å²) in [5.74, 6) is 0. The number of benzene rings is 1. The van der Waals surface area contributed by atoms with Gasteiger partial charge in [-0.1, -0.05) is 25.1 Å². The van der Waals surface area contributed by atoms with Crippen LogP contribution in [-0.2, 0) is 6.42 Å². The first-order chi connectivity index (χ1) is 9.99. The molecule has 2 atom stereocenters. The van der Waals surface area contributed by atoms with Gasteiger partial charge in [0.2, 0.25) is 0 Å². The minimum atomic E-state index is -4.04. The molecule has 2 rings (SSSR count). The molecule has 1 aliphatic rings. The molecule has 0 aliphatic carbocycles. The minimum Gasteiger partial charge on any atom is -0.313 e. The van der Waals surface area contributed by atoms with E-state index in [0.717, 1.165) is 19.4 Å². The number of thioether (sulfide) groups is 1. The summed E-state index contributed by atoms with van der Waals surface area (Å²) in [6.07, 6.45) is -1.97. The van der Waals surface area contributed by atoms with Crippen LogP contribution in [0.3, 0.4) is 0 Å². The summed E-state index contributed by atoms with van der Waals surface area (Å²) in [5.41, 5.74) is 1.33. The van der Waals surface area contributed by atoms with Crippen LogP contribution in [0.4, 0.5) is 13.2 Å². The van der Waals surface area contributed by atoms with Crippen LogP contribution in [0.5, 0.6) is 0 Å². The van der Waals surface area contributed by atoms with Crippen LogP contribution in [0, 0.1) is 0 Å². The van der Waals surface area contributed by atoms with Gasteiger partial charge in [0.25, 0.3) is 0 Å². The molecule has 1 aromatic carbocycles. The fraction of sp³-hybridized carbons (Fsp3) is 0.625. The van der Waals surface area contributed by atoms with Gasteiger partial charge in [-0.25, -0.2) is 0 Å². The first-order valence-electron chi connectivity index (χ1n) is 7.54. The zero-order valence-corrected chi connectivity index (χ0v) is 13.1. The number of alkyl halides is 3. The number of halogens is 3. The van der Waals surface area contributed by atoms with Crippen LogP contribution in [-0.4, -0.2) is 24.0 Å². The van der Waals surface area contributed by atoms with Crippen molar-refractivity contribution >= 4 is 11.8 Å². The largest absolute Gasteiger partial charge is 0.389 e. The van der Waals surface area contributed by atoms with Crippen LogP contribution in [0.2, 0.25) is 0 Å². The lowest BCUT2D eigenvalue weighted by Gasteiger charge is -2.24. The summed E-state index contributed by atoms with van der Waals surface area (Å²) in [6.45, 7) is 2.94. The first kappa shape index (κ1) is 16.7. The Morgan fingerprint density at radius 1 is 1.33 bits per heavy atom. The number of hydrogen-bond acceptors (Lipinski definition) is 2. The molecule has 1 N–H and O–H groups in total. The lowest BCUT2D eigenvalue weighted by Crippen LogP contribution is -2.38. The standard InChI is InChI=1S/C16H22F3NS/c1-2-10-20-13(7-5-9-16(17,18)19)15-11-12-6-3-4-8-14(12)21-15/h3-4,6,8,13,15,20H,2,5,7,9-11H2,1H3. The van der Waals surface area contributed by atoms with Gasteiger partial charge in [0.1, 0.15) is 0 Å². The Morgan fingerprint density at radius 2 is 2.10 bits per heavy atom. The van der Waals surface area contributed by atoms with Crippen molar-refractivity contribution in [3.05, 3.63) is 29.8 Å². The highest BCUT2D eigenvalue weighted by Crippen LogP contribution is 2.39. The molecule has 21 heavy (non-hydrogen) atoms. The average molecular weight is 317 g/mol. The first-order valence-corrected chi connectivity index (χ1v) is 8.42. The smallest absolute Gasteiger partial charge is 0.313 e. The van der Waals surface area contributed by atoms with Gasteiger partial charge in [-0.05, 0) is 43.9 Å². The highest BCUT2D eigenvalue weighted by Gasteiger charge is 2.31.